The van der Waals surface area contributed by atoms with Crippen LogP contribution in [0.4, 0.5) is 5.69 Å². The highest BCUT2D eigenvalue weighted by molar-refractivity contribution is 6.19. The molecule has 3 aromatic carbocycles. The predicted octanol–water partition coefficient (Wildman–Crippen LogP) is 2.74. The number of benzene rings is 3. The van der Waals surface area contributed by atoms with E-state index in [9.17, 15) is 19.5 Å². The zero-order chi connectivity index (χ0) is 21.6. The van der Waals surface area contributed by atoms with E-state index in [2.05, 4.69) is 5.32 Å². The van der Waals surface area contributed by atoms with Gasteiger partial charge in [0.25, 0.3) is 5.91 Å². The number of amides is 2. The Hall–Kier alpha value is -3.77. The van der Waals surface area contributed by atoms with Crippen LogP contribution >= 0.6 is 0 Å². The number of anilines is 1. The van der Waals surface area contributed by atoms with Crippen molar-refractivity contribution in [3.8, 4) is 0 Å². The molecular weight excluding hydrogens is 392 g/mol. The lowest BCUT2D eigenvalue weighted by atomic mass is 9.73. The summed E-state index contributed by atoms with van der Waals surface area (Å²) in [7, 11) is 0. The molecule has 31 heavy (non-hydrogen) atoms. The fraction of sp³-hybridized carbons (Fsp3) is 0.160. The van der Waals surface area contributed by atoms with Crippen LogP contribution in [0.25, 0.3) is 0 Å². The number of para-hydroxylation sites is 1. The Labute approximate surface area is 179 Å². The predicted molar refractivity (Wildman–Crippen MR) is 114 cm³/mol. The highest BCUT2D eigenvalue weighted by atomic mass is 16.3. The van der Waals surface area contributed by atoms with E-state index in [1.54, 1.807) is 48.5 Å². The Bertz CT molecular complexity index is 1180. The Morgan fingerprint density at radius 1 is 0.806 bits per heavy atom. The van der Waals surface area contributed by atoms with Crippen LogP contribution in [0.3, 0.4) is 0 Å². The maximum absolute atomic E-state index is 13.7. The monoisotopic (exact) mass is 412 g/mol. The van der Waals surface area contributed by atoms with Crippen molar-refractivity contribution in [2.75, 3.05) is 5.32 Å². The third kappa shape index (κ3) is 2.79. The summed E-state index contributed by atoms with van der Waals surface area (Å²) in [5, 5.41) is 14.2. The SMILES string of the molecule is O=C1C(O)C(C2(c3ccccc3)Nc3ccccc3C2=O)C(=O)N1Cc1ccccc1. The average Bonchev–Trinajstić information content (AvgIpc) is 3.22. The molecule has 0 bridgehead atoms. The summed E-state index contributed by atoms with van der Waals surface area (Å²) >= 11 is 0. The van der Waals surface area contributed by atoms with Crippen LogP contribution in [0.2, 0.25) is 0 Å². The summed E-state index contributed by atoms with van der Waals surface area (Å²) in [6.45, 7) is 0.0398. The van der Waals surface area contributed by atoms with Crippen LogP contribution in [0.1, 0.15) is 21.5 Å². The number of carbonyl (C=O) groups is 3. The molecule has 5 rings (SSSR count). The van der Waals surface area contributed by atoms with Crippen LogP contribution < -0.4 is 5.32 Å². The molecule has 0 spiro atoms. The second kappa shape index (κ2) is 7.18. The lowest BCUT2D eigenvalue weighted by molar-refractivity contribution is -0.141. The molecule has 3 atom stereocenters. The minimum atomic E-state index is -1.64. The van der Waals surface area contributed by atoms with E-state index < -0.39 is 29.4 Å². The number of nitrogens with one attached hydrogen (secondary N) is 1. The van der Waals surface area contributed by atoms with Gasteiger partial charge in [-0.1, -0.05) is 72.8 Å². The van der Waals surface area contributed by atoms with Gasteiger partial charge in [-0.25, -0.2) is 0 Å². The van der Waals surface area contributed by atoms with Crippen LogP contribution in [0.15, 0.2) is 84.9 Å². The lowest BCUT2D eigenvalue weighted by Crippen LogP contribution is -2.52. The quantitative estimate of drug-likeness (QED) is 0.644. The van der Waals surface area contributed by atoms with Crippen molar-refractivity contribution in [1.29, 1.82) is 0 Å². The first-order chi connectivity index (χ1) is 15.0. The van der Waals surface area contributed by atoms with Crippen molar-refractivity contribution in [2.24, 2.45) is 5.92 Å². The highest BCUT2D eigenvalue weighted by Crippen LogP contribution is 2.48. The maximum atomic E-state index is 13.7. The molecule has 2 N–H and O–H groups in total. The highest BCUT2D eigenvalue weighted by Gasteiger charge is 2.63. The number of hydrogen-bond acceptors (Lipinski definition) is 5. The number of aliphatic hydroxyl groups excluding tert-OH is 1. The van der Waals surface area contributed by atoms with Crippen molar-refractivity contribution >= 4 is 23.3 Å². The van der Waals surface area contributed by atoms with Gasteiger partial charge in [-0.2, -0.15) is 0 Å². The number of hydrogen-bond donors (Lipinski definition) is 2. The minimum Gasteiger partial charge on any atom is -0.382 e. The van der Waals surface area contributed by atoms with Crippen molar-refractivity contribution in [1.82, 2.24) is 4.90 Å². The van der Waals surface area contributed by atoms with Crippen LogP contribution in [-0.2, 0) is 21.7 Å². The fourth-order valence-electron chi connectivity index (χ4n) is 4.63. The topological polar surface area (TPSA) is 86.7 Å². The number of rotatable bonds is 4. The van der Waals surface area contributed by atoms with E-state index in [0.717, 1.165) is 10.5 Å². The zero-order valence-corrected chi connectivity index (χ0v) is 16.6. The molecule has 2 amide bonds. The summed E-state index contributed by atoms with van der Waals surface area (Å²) in [5.74, 6) is -2.88. The van der Waals surface area contributed by atoms with Gasteiger partial charge in [0.05, 0.1) is 6.54 Å². The summed E-state index contributed by atoms with van der Waals surface area (Å²) in [4.78, 5) is 41.3. The van der Waals surface area contributed by atoms with Gasteiger partial charge in [-0.15, -0.1) is 0 Å². The number of aliphatic hydroxyl groups is 1. The number of likely N-dealkylation sites (tertiary alicyclic amines) is 1. The standard InChI is InChI=1S/C25H20N2O4/c28-21-20(23(30)27(24(21)31)15-16-9-3-1-4-10-16)25(17-11-5-2-6-12-17)22(29)18-13-7-8-14-19(18)26-25/h1-14,20-21,26,28H,15H2. The van der Waals surface area contributed by atoms with E-state index in [0.29, 0.717) is 16.8 Å². The smallest absolute Gasteiger partial charge is 0.259 e. The molecule has 3 unspecified atom stereocenters. The first kappa shape index (κ1) is 19.2. The van der Waals surface area contributed by atoms with Gasteiger partial charge in [0.2, 0.25) is 5.91 Å². The number of nitrogens with zero attached hydrogens (tertiary/aromatic N) is 1. The zero-order valence-electron chi connectivity index (χ0n) is 16.6. The molecule has 154 valence electrons. The molecule has 1 fully saturated rings. The second-order valence-corrected chi connectivity index (χ2v) is 7.84. The average molecular weight is 412 g/mol. The molecule has 1 saturated heterocycles. The van der Waals surface area contributed by atoms with Gasteiger partial charge < -0.3 is 10.4 Å². The maximum Gasteiger partial charge on any atom is 0.259 e. The first-order valence-electron chi connectivity index (χ1n) is 10.1. The molecule has 0 radical (unpaired) electrons. The number of ketones is 1. The van der Waals surface area contributed by atoms with Gasteiger partial charge in [-0.3, -0.25) is 19.3 Å². The summed E-state index contributed by atoms with van der Waals surface area (Å²) in [6, 6.07) is 24.9. The Morgan fingerprint density at radius 3 is 2.10 bits per heavy atom. The Balaban J connectivity index is 1.62. The van der Waals surface area contributed by atoms with Crippen molar-refractivity contribution in [3.05, 3.63) is 102 Å². The van der Waals surface area contributed by atoms with Crippen molar-refractivity contribution in [2.45, 2.75) is 18.2 Å². The van der Waals surface area contributed by atoms with Gasteiger partial charge >= 0.3 is 0 Å². The molecule has 0 aromatic heterocycles. The summed E-state index contributed by atoms with van der Waals surface area (Å²) in [5.41, 5.74) is 0.733. The molecular formula is C25H20N2O4. The lowest BCUT2D eigenvalue weighted by Gasteiger charge is -2.34. The third-order valence-corrected chi connectivity index (χ3v) is 6.11. The van der Waals surface area contributed by atoms with Gasteiger partial charge in [0.15, 0.2) is 5.78 Å². The first-order valence-corrected chi connectivity index (χ1v) is 10.1. The minimum absolute atomic E-state index is 0.0398. The Kier molecular flexibility index (Phi) is 4.45. The number of imide groups is 1. The largest absolute Gasteiger partial charge is 0.382 e. The molecule has 2 aliphatic heterocycles. The van der Waals surface area contributed by atoms with Gasteiger partial charge in [0, 0.05) is 11.3 Å². The third-order valence-electron chi connectivity index (χ3n) is 6.11. The number of carbonyl (C=O) groups excluding carboxylic acids is 3. The normalized spacial score (nSPS) is 24.9. The summed E-state index contributed by atoms with van der Waals surface area (Å²) in [6.07, 6.45) is -1.64. The van der Waals surface area contributed by atoms with Gasteiger partial charge in [-0.05, 0) is 23.3 Å². The van der Waals surface area contributed by atoms with E-state index in [4.69, 9.17) is 0 Å². The number of Topliss-reactive ketones (excluding diaryl/α,β-unsaturated/α-hetero) is 1. The molecule has 3 aromatic rings. The molecule has 6 nitrogen and oxygen atoms in total. The summed E-state index contributed by atoms with van der Waals surface area (Å²) < 4.78 is 0. The Morgan fingerprint density at radius 2 is 1.42 bits per heavy atom. The van der Waals surface area contributed by atoms with E-state index >= 15 is 0 Å². The van der Waals surface area contributed by atoms with Crippen LogP contribution in [-0.4, -0.2) is 33.7 Å². The molecule has 0 aliphatic carbocycles. The number of fused-ring (bicyclic) bond motifs is 1. The van der Waals surface area contributed by atoms with Crippen LogP contribution in [0.5, 0.6) is 0 Å². The molecule has 2 heterocycles. The van der Waals surface area contributed by atoms with Crippen molar-refractivity contribution in [3.63, 3.8) is 0 Å². The molecule has 2 aliphatic rings. The fourth-order valence-corrected chi connectivity index (χ4v) is 4.63. The van der Waals surface area contributed by atoms with Crippen LogP contribution in [0, 0.1) is 5.92 Å². The van der Waals surface area contributed by atoms with Crippen molar-refractivity contribution < 1.29 is 19.5 Å². The van der Waals surface area contributed by atoms with E-state index in [1.807, 2.05) is 36.4 Å². The van der Waals surface area contributed by atoms with Gasteiger partial charge in [0.1, 0.15) is 17.6 Å². The van der Waals surface area contributed by atoms with E-state index in [-0.39, 0.29) is 12.3 Å². The van der Waals surface area contributed by atoms with E-state index in [1.165, 1.54) is 0 Å². The molecule has 6 heteroatoms. The second-order valence-electron chi connectivity index (χ2n) is 7.84. The molecule has 0 saturated carbocycles.